The minimum Gasteiger partial charge on any atom is -0.457 e. The fourth-order valence-electron chi connectivity index (χ4n) is 4.04. The number of benzene rings is 2. The summed E-state index contributed by atoms with van der Waals surface area (Å²) in [6.45, 7) is 7.58. The van der Waals surface area contributed by atoms with E-state index < -0.39 is 16.1 Å². The molecule has 1 aliphatic heterocycles. The van der Waals surface area contributed by atoms with Crippen LogP contribution in [-0.4, -0.2) is 57.7 Å². The molecular weight excluding hydrogens is 438 g/mol. The van der Waals surface area contributed by atoms with Crippen molar-refractivity contribution in [1.29, 1.82) is 0 Å². The van der Waals surface area contributed by atoms with E-state index in [1.165, 1.54) is 12.8 Å². The Kier molecular flexibility index (Phi) is 8.74. The molecule has 1 amide bonds. The predicted octanol–water partition coefficient (Wildman–Crippen LogP) is 3.87. The molecule has 0 radical (unpaired) electrons. The van der Waals surface area contributed by atoms with Crippen LogP contribution >= 0.6 is 0 Å². The zero-order valence-corrected chi connectivity index (χ0v) is 20.6. The van der Waals surface area contributed by atoms with E-state index in [1.54, 1.807) is 31.2 Å². The van der Waals surface area contributed by atoms with E-state index in [2.05, 4.69) is 17.1 Å². The number of rotatable bonds is 10. The number of hydrogen-bond donors (Lipinski definition) is 1. The highest BCUT2D eigenvalue weighted by molar-refractivity contribution is 7.92. The average molecular weight is 474 g/mol. The van der Waals surface area contributed by atoms with Gasteiger partial charge in [0.1, 0.15) is 17.5 Å². The van der Waals surface area contributed by atoms with Crippen LogP contribution in [0.25, 0.3) is 0 Å². The van der Waals surface area contributed by atoms with Gasteiger partial charge < -0.3 is 15.0 Å². The van der Waals surface area contributed by atoms with Crippen LogP contribution in [0, 0.1) is 5.92 Å². The second kappa shape index (κ2) is 11.5. The summed E-state index contributed by atoms with van der Waals surface area (Å²) in [5.41, 5.74) is 0.419. The third-order valence-electron chi connectivity index (χ3n) is 5.99. The third kappa shape index (κ3) is 7.47. The molecule has 0 aliphatic carbocycles. The zero-order chi connectivity index (χ0) is 23.8. The van der Waals surface area contributed by atoms with Crippen LogP contribution in [0.4, 0.5) is 5.69 Å². The van der Waals surface area contributed by atoms with Crippen LogP contribution in [0.15, 0.2) is 54.6 Å². The second-order valence-electron chi connectivity index (χ2n) is 8.81. The Hall–Kier alpha value is -2.58. The van der Waals surface area contributed by atoms with Gasteiger partial charge in [-0.25, -0.2) is 8.42 Å². The summed E-state index contributed by atoms with van der Waals surface area (Å²) in [5, 5.41) is 2.90. The molecule has 1 fully saturated rings. The largest absolute Gasteiger partial charge is 0.457 e. The standard InChI is InChI=1S/C25H35N3O4S/c1-20-14-18-27(19-15-20)17-7-16-26-25(29)21(2)28(33(3,30)31)22-10-12-24(13-11-22)32-23-8-5-4-6-9-23/h4-6,8-13,20-21H,7,14-19H2,1-3H3,(H,26,29)/t21-/m0/s1. The summed E-state index contributed by atoms with van der Waals surface area (Å²) < 4.78 is 32.0. The molecule has 1 saturated heterocycles. The van der Waals surface area contributed by atoms with Crippen molar-refractivity contribution in [2.75, 3.05) is 36.7 Å². The van der Waals surface area contributed by atoms with Crippen molar-refractivity contribution in [3.05, 3.63) is 54.6 Å². The molecule has 8 heteroatoms. The molecule has 0 bridgehead atoms. The number of carbonyl (C=O) groups is 1. The van der Waals surface area contributed by atoms with Crippen LogP contribution in [0.2, 0.25) is 0 Å². The number of nitrogens with zero attached hydrogens (tertiary/aromatic N) is 2. The van der Waals surface area contributed by atoms with Crippen molar-refractivity contribution in [1.82, 2.24) is 10.2 Å². The van der Waals surface area contributed by atoms with Gasteiger partial charge in [-0.2, -0.15) is 0 Å². The summed E-state index contributed by atoms with van der Waals surface area (Å²) in [4.78, 5) is 15.2. The van der Waals surface area contributed by atoms with Gasteiger partial charge in [-0.1, -0.05) is 25.1 Å². The van der Waals surface area contributed by atoms with Crippen molar-refractivity contribution in [2.24, 2.45) is 5.92 Å². The Morgan fingerprint density at radius 3 is 2.30 bits per heavy atom. The monoisotopic (exact) mass is 473 g/mol. The molecule has 2 aromatic rings. The maximum Gasteiger partial charge on any atom is 0.243 e. The highest BCUT2D eigenvalue weighted by Crippen LogP contribution is 2.27. The van der Waals surface area contributed by atoms with Gasteiger partial charge in [0, 0.05) is 6.54 Å². The molecule has 1 aliphatic rings. The van der Waals surface area contributed by atoms with Crippen LogP contribution in [0.1, 0.15) is 33.1 Å². The first kappa shape index (κ1) is 25.1. The summed E-state index contributed by atoms with van der Waals surface area (Å²) in [6.07, 6.45) is 4.41. The maximum absolute atomic E-state index is 12.8. The number of piperidine rings is 1. The molecule has 1 N–H and O–H groups in total. The molecule has 180 valence electrons. The van der Waals surface area contributed by atoms with E-state index in [0.717, 1.165) is 42.5 Å². The van der Waals surface area contributed by atoms with Gasteiger partial charge in [0.05, 0.1) is 11.9 Å². The van der Waals surface area contributed by atoms with E-state index in [4.69, 9.17) is 4.74 Å². The molecule has 3 rings (SSSR count). The molecule has 0 aromatic heterocycles. The summed E-state index contributed by atoms with van der Waals surface area (Å²) >= 11 is 0. The van der Waals surface area contributed by atoms with E-state index >= 15 is 0 Å². The SMILES string of the molecule is CC1CCN(CCCNC(=O)[C@H](C)N(c2ccc(Oc3ccccc3)cc2)S(C)(=O)=O)CC1. The van der Waals surface area contributed by atoms with E-state index in [9.17, 15) is 13.2 Å². The van der Waals surface area contributed by atoms with Crippen molar-refractivity contribution >= 4 is 21.6 Å². The normalized spacial score (nSPS) is 16.2. The van der Waals surface area contributed by atoms with Gasteiger partial charge in [-0.05, 0) is 88.1 Å². The molecule has 0 spiro atoms. The number of anilines is 1. The Labute approximate surface area is 197 Å². The lowest BCUT2D eigenvalue weighted by molar-refractivity contribution is -0.121. The summed E-state index contributed by atoms with van der Waals surface area (Å²) in [6, 6.07) is 15.2. The Morgan fingerprint density at radius 1 is 1.09 bits per heavy atom. The summed E-state index contributed by atoms with van der Waals surface area (Å²) in [7, 11) is -3.66. The molecule has 33 heavy (non-hydrogen) atoms. The minimum atomic E-state index is -3.66. The second-order valence-corrected chi connectivity index (χ2v) is 10.7. The number of nitrogens with one attached hydrogen (secondary N) is 1. The minimum absolute atomic E-state index is 0.308. The van der Waals surface area contributed by atoms with Gasteiger partial charge in [-0.3, -0.25) is 9.10 Å². The number of likely N-dealkylation sites (tertiary alicyclic amines) is 1. The highest BCUT2D eigenvalue weighted by atomic mass is 32.2. The highest BCUT2D eigenvalue weighted by Gasteiger charge is 2.29. The van der Waals surface area contributed by atoms with Crippen LogP contribution in [0.5, 0.6) is 11.5 Å². The van der Waals surface area contributed by atoms with Gasteiger partial charge in [0.25, 0.3) is 0 Å². The topological polar surface area (TPSA) is 79.0 Å². The Bertz CT molecular complexity index is 988. The first-order valence-electron chi connectivity index (χ1n) is 11.6. The van der Waals surface area contributed by atoms with Gasteiger partial charge in [0.15, 0.2) is 0 Å². The first-order chi connectivity index (χ1) is 15.7. The first-order valence-corrected chi connectivity index (χ1v) is 13.4. The Balaban J connectivity index is 1.56. The summed E-state index contributed by atoms with van der Waals surface area (Å²) in [5.74, 6) is 1.76. The molecule has 7 nitrogen and oxygen atoms in total. The van der Waals surface area contributed by atoms with Crippen molar-refractivity contribution < 1.29 is 17.9 Å². The lowest BCUT2D eigenvalue weighted by Crippen LogP contribution is -2.48. The molecule has 0 saturated carbocycles. The predicted molar refractivity (Wildman–Crippen MR) is 132 cm³/mol. The van der Waals surface area contributed by atoms with Gasteiger partial charge in [0.2, 0.25) is 15.9 Å². The van der Waals surface area contributed by atoms with E-state index in [1.807, 2.05) is 30.3 Å². The smallest absolute Gasteiger partial charge is 0.243 e. The average Bonchev–Trinajstić information content (AvgIpc) is 2.79. The molecule has 1 atom stereocenters. The lowest BCUT2D eigenvalue weighted by Gasteiger charge is -2.30. The zero-order valence-electron chi connectivity index (χ0n) is 19.7. The molecule has 2 aromatic carbocycles. The fraction of sp³-hybridized carbons (Fsp3) is 0.480. The maximum atomic E-state index is 12.8. The molecule has 1 heterocycles. The quantitative estimate of drug-likeness (QED) is 0.530. The van der Waals surface area contributed by atoms with Crippen LogP contribution in [0.3, 0.4) is 0 Å². The number of para-hydroxylation sites is 1. The number of sulfonamides is 1. The number of carbonyl (C=O) groups excluding carboxylic acids is 1. The number of ether oxygens (including phenoxy) is 1. The fourth-order valence-corrected chi connectivity index (χ4v) is 5.22. The van der Waals surface area contributed by atoms with Crippen molar-refractivity contribution in [3.8, 4) is 11.5 Å². The number of hydrogen-bond acceptors (Lipinski definition) is 5. The van der Waals surface area contributed by atoms with Gasteiger partial charge >= 0.3 is 0 Å². The van der Waals surface area contributed by atoms with Crippen molar-refractivity contribution in [2.45, 2.75) is 39.2 Å². The molecular formula is C25H35N3O4S. The van der Waals surface area contributed by atoms with Gasteiger partial charge in [-0.15, -0.1) is 0 Å². The van der Waals surface area contributed by atoms with Crippen LogP contribution in [-0.2, 0) is 14.8 Å². The van der Waals surface area contributed by atoms with Crippen LogP contribution < -0.4 is 14.4 Å². The molecule has 0 unspecified atom stereocenters. The number of amides is 1. The third-order valence-corrected chi connectivity index (χ3v) is 7.23. The van der Waals surface area contributed by atoms with E-state index in [0.29, 0.717) is 23.7 Å². The van der Waals surface area contributed by atoms with E-state index in [-0.39, 0.29) is 5.91 Å². The van der Waals surface area contributed by atoms with Crippen molar-refractivity contribution in [3.63, 3.8) is 0 Å². The Morgan fingerprint density at radius 2 is 1.70 bits per heavy atom. The lowest BCUT2D eigenvalue weighted by atomic mass is 9.99.